The zero-order chi connectivity index (χ0) is 56.4. The fourth-order valence-electron chi connectivity index (χ4n) is 9.70. The molecule has 2 aliphatic heterocycles. The first kappa shape index (κ1) is 70.4. The molecule has 12 atom stereocenters. The van der Waals surface area contributed by atoms with Crippen molar-refractivity contribution in [3.8, 4) is 0 Å². The Bertz CT molecular complexity index is 1640. The van der Waals surface area contributed by atoms with Crippen LogP contribution in [-0.4, -0.2) is 150 Å². The van der Waals surface area contributed by atoms with E-state index in [4.69, 9.17) is 28.0 Å². The first-order valence-electron chi connectivity index (χ1n) is 28.7. The molecule has 76 heavy (non-hydrogen) atoms. The topological polar surface area (TPSA) is 347 Å². The van der Waals surface area contributed by atoms with Gasteiger partial charge in [0.05, 0.1) is 32.2 Å². The van der Waals surface area contributed by atoms with Crippen molar-refractivity contribution in [3.05, 3.63) is 0 Å². The maximum atomic E-state index is 13.9. The maximum Gasteiger partial charge on any atom is 0.472 e. The van der Waals surface area contributed by atoms with E-state index in [0.717, 1.165) is 89.9 Å². The number of phosphoric acid groups is 2. The van der Waals surface area contributed by atoms with E-state index in [0.29, 0.717) is 32.1 Å². The standard InChI is InChI=1S/C52H100N2O20P2/c1-4-7-10-13-16-19-22-25-28-31-38(56)34-42(57)53-45-48(61)47(60)41(72-52(45)74-76(66,67)68)37-69-51-46(49(62)50(40(36-55)71-51)73-75(63,64)65)54-43(58)35-39(32-29-26-23-20-17-14-11-8-5-2)70-44(59)33-30-27-24-21-18-15-12-9-6-3/h38-41,45-52,55-56,60-62H,4-37H2,1-3H3,(H,53,57)(H,54,58)(H2,63,64,65)(H2,66,67,68)/t38-,39-,40?,41?,45?,46-,47-,48?,49?,50-,51-,52-/m1/s1. The molecule has 5 unspecified atom stereocenters. The van der Waals surface area contributed by atoms with Gasteiger partial charge in [-0.25, -0.2) is 9.13 Å². The van der Waals surface area contributed by atoms with E-state index in [2.05, 4.69) is 31.4 Å². The molecular formula is C52H100N2O20P2. The van der Waals surface area contributed by atoms with Gasteiger partial charge >= 0.3 is 21.6 Å². The molecule has 0 aliphatic carbocycles. The molecule has 11 N–H and O–H groups in total. The summed E-state index contributed by atoms with van der Waals surface area (Å²) in [5, 5.41) is 59.7. The molecule has 24 heteroatoms. The van der Waals surface area contributed by atoms with Crippen LogP contribution in [0.5, 0.6) is 0 Å². The van der Waals surface area contributed by atoms with Gasteiger partial charge in [0.2, 0.25) is 11.8 Å². The van der Waals surface area contributed by atoms with Gasteiger partial charge in [-0.2, -0.15) is 0 Å². The van der Waals surface area contributed by atoms with Crippen molar-refractivity contribution in [1.82, 2.24) is 10.6 Å². The van der Waals surface area contributed by atoms with Gasteiger partial charge in [-0.1, -0.05) is 181 Å². The number of phosphoric ester groups is 2. The molecule has 2 saturated heterocycles. The monoisotopic (exact) mass is 1130 g/mol. The van der Waals surface area contributed by atoms with Gasteiger partial charge < -0.3 is 74.7 Å². The van der Waals surface area contributed by atoms with E-state index in [9.17, 15) is 68.6 Å². The summed E-state index contributed by atoms with van der Waals surface area (Å²) in [5.41, 5.74) is 0. The molecule has 0 aromatic heterocycles. The van der Waals surface area contributed by atoms with Gasteiger partial charge in [-0.3, -0.25) is 23.4 Å². The molecule has 2 rings (SSSR count). The van der Waals surface area contributed by atoms with Crippen molar-refractivity contribution in [3.63, 3.8) is 0 Å². The molecule has 22 nitrogen and oxygen atoms in total. The van der Waals surface area contributed by atoms with E-state index < -0.39 is 133 Å². The molecule has 2 amide bonds. The zero-order valence-corrected chi connectivity index (χ0v) is 47.7. The quantitative estimate of drug-likeness (QED) is 0.0168. The van der Waals surface area contributed by atoms with Gasteiger partial charge in [0.25, 0.3) is 0 Å². The van der Waals surface area contributed by atoms with Crippen LogP contribution >= 0.6 is 15.6 Å². The SMILES string of the molecule is CCCCCCCCCCCC(=O)O[C@H](CCCCCCCCCCC)CC(=O)N[C@@H]1C(O)[C@H](OP(=O)(O)O)C(CO)O[C@H]1OCC1O[C@H](OP(=O)(O)O)C(NC(=O)C[C@H](O)CCCCCCCCCCC)C(O)[C@@H]1O. The molecule has 2 fully saturated rings. The maximum absolute atomic E-state index is 13.9. The Morgan fingerprint density at radius 1 is 0.526 bits per heavy atom. The largest absolute Gasteiger partial charge is 0.472 e. The van der Waals surface area contributed by atoms with Gasteiger partial charge in [-0.05, 0) is 25.7 Å². The van der Waals surface area contributed by atoms with Crippen molar-refractivity contribution >= 4 is 33.4 Å². The number of hydrogen-bond acceptors (Lipinski definition) is 16. The van der Waals surface area contributed by atoms with E-state index in [1.807, 2.05) is 0 Å². The number of ether oxygens (including phenoxy) is 4. The van der Waals surface area contributed by atoms with Crippen LogP contribution in [-0.2, 0) is 51.5 Å². The lowest BCUT2D eigenvalue weighted by Gasteiger charge is -2.45. The zero-order valence-electron chi connectivity index (χ0n) is 45.9. The fraction of sp³-hybridized carbons (Fsp3) is 0.942. The summed E-state index contributed by atoms with van der Waals surface area (Å²) in [6.45, 7) is 4.65. The smallest absolute Gasteiger partial charge is 0.462 e. The summed E-state index contributed by atoms with van der Waals surface area (Å²) in [6.07, 6.45) is 10.8. The first-order chi connectivity index (χ1) is 36.2. The molecule has 2 aliphatic rings. The first-order valence-corrected chi connectivity index (χ1v) is 31.8. The highest BCUT2D eigenvalue weighted by Gasteiger charge is 2.52. The number of amides is 2. The van der Waals surface area contributed by atoms with Crippen molar-refractivity contribution < 1.29 is 96.6 Å². The minimum atomic E-state index is -5.42. The molecule has 0 aromatic rings. The number of hydrogen-bond donors (Lipinski definition) is 11. The average Bonchev–Trinajstić information content (AvgIpc) is 3.35. The summed E-state index contributed by atoms with van der Waals surface area (Å²) >= 11 is 0. The second-order valence-electron chi connectivity index (χ2n) is 20.9. The summed E-state index contributed by atoms with van der Waals surface area (Å²) in [5.74, 6) is -2.11. The molecule has 0 radical (unpaired) electrons. The van der Waals surface area contributed by atoms with E-state index >= 15 is 0 Å². The van der Waals surface area contributed by atoms with Crippen LogP contribution in [0.25, 0.3) is 0 Å². The molecule has 2 heterocycles. The predicted octanol–water partition coefficient (Wildman–Crippen LogP) is 6.90. The second-order valence-corrected chi connectivity index (χ2v) is 23.3. The lowest BCUT2D eigenvalue weighted by molar-refractivity contribution is -0.294. The number of unbranched alkanes of at least 4 members (excludes halogenated alkanes) is 24. The Labute approximate surface area is 452 Å². The van der Waals surface area contributed by atoms with Crippen LogP contribution in [0.15, 0.2) is 0 Å². The van der Waals surface area contributed by atoms with Crippen molar-refractivity contribution in [2.24, 2.45) is 0 Å². The number of nitrogens with one attached hydrogen (secondary N) is 2. The summed E-state index contributed by atoms with van der Waals surface area (Å²) < 4.78 is 56.9. The minimum absolute atomic E-state index is 0.153. The van der Waals surface area contributed by atoms with Gasteiger partial charge in [-0.15, -0.1) is 0 Å². The molecule has 0 saturated carbocycles. The average molecular weight is 1140 g/mol. The third-order valence-corrected chi connectivity index (χ3v) is 15.0. The Kier molecular flexibility index (Phi) is 37.5. The molecule has 0 bridgehead atoms. The Balaban J connectivity index is 2.20. The highest BCUT2D eigenvalue weighted by molar-refractivity contribution is 7.46. The highest BCUT2D eigenvalue weighted by Crippen LogP contribution is 2.43. The normalized spacial score (nSPS) is 25.0. The molecule has 0 spiro atoms. The van der Waals surface area contributed by atoms with Gasteiger partial charge in [0.1, 0.15) is 54.8 Å². The lowest BCUT2D eigenvalue weighted by atomic mass is 9.95. The second kappa shape index (κ2) is 40.5. The van der Waals surface area contributed by atoms with Crippen LogP contribution in [0.1, 0.15) is 226 Å². The molecule has 0 aromatic carbocycles. The summed E-state index contributed by atoms with van der Waals surface area (Å²) in [6, 6.07) is -3.52. The van der Waals surface area contributed by atoms with Crippen molar-refractivity contribution in [2.45, 2.75) is 300 Å². The van der Waals surface area contributed by atoms with Crippen LogP contribution in [0.3, 0.4) is 0 Å². The fourth-order valence-corrected chi connectivity index (χ4v) is 10.7. The van der Waals surface area contributed by atoms with Crippen molar-refractivity contribution in [2.75, 3.05) is 13.2 Å². The summed E-state index contributed by atoms with van der Waals surface area (Å²) in [7, 11) is -10.8. The number of rotatable bonds is 45. The molecule has 448 valence electrons. The number of aliphatic hydroxyl groups excluding tert-OH is 5. The third-order valence-electron chi connectivity index (χ3n) is 14.0. The van der Waals surface area contributed by atoms with E-state index in [1.54, 1.807) is 0 Å². The number of carbonyl (C=O) groups excluding carboxylic acids is 3. The lowest BCUT2D eigenvalue weighted by Crippen LogP contribution is -2.67. The minimum Gasteiger partial charge on any atom is -0.462 e. The third kappa shape index (κ3) is 31.3. The predicted molar refractivity (Wildman–Crippen MR) is 283 cm³/mol. The number of aliphatic hydroxyl groups is 5. The van der Waals surface area contributed by atoms with E-state index in [1.165, 1.54) is 64.2 Å². The number of carbonyl (C=O) groups is 3. The van der Waals surface area contributed by atoms with Crippen LogP contribution < -0.4 is 10.6 Å². The van der Waals surface area contributed by atoms with Crippen LogP contribution in [0.4, 0.5) is 0 Å². The summed E-state index contributed by atoms with van der Waals surface area (Å²) in [4.78, 5) is 79.0. The highest BCUT2D eigenvalue weighted by atomic mass is 31.2. The van der Waals surface area contributed by atoms with Gasteiger partial charge in [0.15, 0.2) is 12.6 Å². The Morgan fingerprint density at radius 2 is 0.947 bits per heavy atom. The van der Waals surface area contributed by atoms with Crippen molar-refractivity contribution in [1.29, 1.82) is 0 Å². The van der Waals surface area contributed by atoms with Crippen LogP contribution in [0, 0.1) is 0 Å². The Hall–Kier alpha value is -1.69. The molecular weight excluding hydrogens is 1030 g/mol. The van der Waals surface area contributed by atoms with Crippen LogP contribution in [0.2, 0.25) is 0 Å². The van der Waals surface area contributed by atoms with E-state index in [-0.39, 0.29) is 6.42 Å². The number of esters is 1. The van der Waals surface area contributed by atoms with Gasteiger partial charge in [0, 0.05) is 6.42 Å². The Morgan fingerprint density at radius 3 is 1.42 bits per heavy atom.